The van der Waals surface area contributed by atoms with Gasteiger partial charge < -0.3 is 5.32 Å². The zero-order valence-corrected chi connectivity index (χ0v) is 11.1. The molecule has 2 unspecified atom stereocenters. The summed E-state index contributed by atoms with van der Waals surface area (Å²) < 4.78 is 0. The average Bonchev–Trinajstić information content (AvgIpc) is 2.94. The highest BCUT2D eigenvalue weighted by molar-refractivity contribution is 4.96. The molecule has 5 heteroatoms. The van der Waals surface area contributed by atoms with E-state index in [1.54, 1.807) is 6.33 Å². The van der Waals surface area contributed by atoms with Crippen LogP contribution in [0, 0.1) is 0 Å². The predicted octanol–water partition coefficient (Wildman–Crippen LogP) is 0.952. The van der Waals surface area contributed by atoms with Crippen LogP contribution in [-0.2, 0) is 6.42 Å². The number of hydrogen-bond donors (Lipinski definition) is 2. The van der Waals surface area contributed by atoms with E-state index in [0.717, 1.165) is 37.3 Å². The van der Waals surface area contributed by atoms with Crippen LogP contribution in [0.4, 0.5) is 0 Å². The molecule has 0 radical (unpaired) electrons. The number of aromatic amines is 1. The fraction of sp³-hybridized carbons (Fsp3) is 0.846. The molecule has 0 aromatic carbocycles. The van der Waals surface area contributed by atoms with Gasteiger partial charge in [-0.3, -0.25) is 10.00 Å². The lowest BCUT2D eigenvalue weighted by Gasteiger charge is -2.19. The van der Waals surface area contributed by atoms with Crippen molar-refractivity contribution in [1.82, 2.24) is 25.4 Å². The van der Waals surface area contributed by atoms with Crippen molar-refractivity contribution in [1.29, 1.82) is 0 Å². The van der Waals surface area contributed by atoms with Gasteiger partial charge in [0, 0.05) is 31.1 Å². The molecule has 0 bridgehead atoms. The molecule has 2 aliphatic rings. The van der Waals surface area contributed by atoms with E-state index in [9.17, 15) is 0 Å². The number of H-pyrrole nitrogens is 1. The van der Waals surface area contributed by atoms with Gasteiger partial charge in [-0.25, -0.2) is 4.98 Å². The van der Waals surface area contributed by atoms with Gasteiger partial charge in [-0.1, -0.05) is 0 Å². The second-order valence-electron chi connectivity index (χ2n) is 5.70. The molecular weight excluding hydrogens is 226 g/mol. The number of aromatic nitrogens is 3. The standard InChI is InChI=1S/C13H23N5/c1-10-7-11(8-18(10)12-4-5-12)14-6-2-3-13-15-9-16-17-13/h9-12,14H,2-8H2,1H3,(H,15,16,17). The van der Waals surface area contributed by atoms with Crippen molar-refractivity contribution < 1.29 is 0 Å². The summed E-state index contributed by atoms with van der Waals surface area (Å²) in [6, 6.07) is 2.36. The van der Waals surface area contributed by atoms with E-state index in [0.29, 0.717) is 6.04 Å². The highest BCUT2D eigenvalue weighted by Gasteiger charge is 2.38. The summed E-state index contributed by atoms with van der Waals surface area (Å²) in [5, 5.41) is 10.5. The van der Waals surface area contributed by atoms with Crippen molar-refractivity contribution in [3.8, 4) is 0 Å². The van der Waals surface area contributed by atoms with E-state index < -0.39 is 0 Å². The summed E-state index contributed by atoms with van der Waals surface area (Å²) in [6.45, 7) is 4.69. The topological polar surface area (TPSA) is 56.8 Å². The Labute approximate surface area is 108 Å². The summed E-state index contributed by atoms with van der Waals surface area (Å²) in [4.78, 5) is 6.83. The number of hydrogen-bond acceptors (Lipinski definition) is 4. The first-order chi connectivity index (χ1) is 8.83. The minimum Gasteiger partial charge on any atom is -0.313 e. The third kappa shape index (κ3) is 2.90. The van der Waals surface area contributed by atoms with E-state index in [-0.39, 0.29) is 0 Å². The van der Waals surface area contributed by atoms with E-state index in [2.05, 4.69) is 32.3 Å². The summed E-state index contributed by atoms with van der Waals surface area (Å²) in [7, 11) is 0. The molecule has 1 aromatic heterocycles. The Morgan fingerprint density at radius 1 is 1.50 bits per heavy atom. The largest absolute Gasteiger partial charge is 0.313 e. The number of likely N-dealkylation sites (tertiary alicyclic amines) is 1. The average molecular weight is 249 g/mol. The quantitative estimate of drug-likeness (QED) is 0.737. The number of aryl methyl sites for hydroxylation is 1. The minimum atomic E-state index is 0.690. The maximum absolute atomic E-state index is 4.14. The van der Waals surface area contributed by atoms with Crippen LogP contribution in [0.1, 0.15) is 38.4 Å². The number of nitrogens with one attached hydrogen (secondary N) is 2. The van der Waals surface area contributed by atoms with Crippen molar-refractivity contribution in [2.75, 3.05) is 13.1 Å². The summed E-state index contributed by atoms with van der Waals surface area (Å²) >= 11 is 0. The molecule has 5 nitrogen and oxygen atoms in total. The molecule has 0 spiro atoms. The van der Waals surface area contributed by atoms with Crippen LogP contribution >= 0.6 is 0 Å². The van der Waals surface area contributed by atoms with Crippen LogP contribution in [0.3, 0.4) is 0 Å². The molecular formula is C13H23N5. The van der Waals surface area contributed by atoms with Crippen LogP contribution in [0.5, 0.6) is 0 Å². The van der Waals surface area contributed by atoms with Crippen LogP contribution in [0.2, 0.25) is 0 Å². The molecule has 1 aromatic rings. The fourth-order valence-corrected chi connectivity index (χ4v) is 3.03. The first kappa shape index (κ1) is 12.1. The van der Waals surface area contributed by atoms with Gasteiger partial charge in [0.25, 0.3) is 0 Å². The molecule has 2 fully saturated rings. The number of nitrogens with zero attached hydrogens (tertiary/aromatic N) is 3. The summed E-state index contributed by atoms with van der Waals surface area (Å²) in [5.41, 5.74) is 0. The van der Waals surface area contributed by atoms with Gasteiger partial charge in [0.1, 0.15) is 12.2 Å². The highest BCUT2D eigenvalue weighted by atomic mass is 15.3. The van der Waals surface area contributed by atoms with Crippen LogP contribution in [0.15, 0.2) is 6.33 Å². The SMILES string of the molecule is CC1CC(NCCCc2ncn[nH]2)CN1C1CC1. The van der Waals surface area contributed by atoms with Gasteiger partial charge in [0.05, 0.1) is 0 Å². The van der Waals surface area contributed by atoms with Gasteiger partial charge in [-0.05, 0) is 39.2 Å². The molecule has 0 amide bonds. The maximum Gasteiger partial charge on any atom is 0.137 e. The van der Waals surface area contributed by atoms with Gasteiger partial charge in [-0.2, -0.15) is 5.10 Å². The smallest absolute Gasteiger partial charge is 0.137 e. The zero-order valence-electron chi connectivity index (χ0n) is 11.1. The van der Waals surface area contributed by atoms with Crippen molar-refractivity contribution in [3.05, 3.63) is 12.2 Å². The van der Waals surface area contributed by atoms with E-state index in [1.807, 2.05) is 0 Å². The Bertz CT molecular complexity index is 359. The Kier molecular flexibility index (Phi) is 3.61. The molecule has 2 heterocycles. The van der Waals surface area contributed by atoms with Crippen LogP contribution < -0.4 is 5.32 Å². The molecule has 1 aliphatic heterocycles. The van der Waals surface area contributed by atoms with Crippen molar-refractivity contribution in [2.45, 2.75) is 57.2 Å². The lowest BCUT2D eigenvalue weighted by atomic mass is 10.2. The van der Waals surface area contributed by atoms with Gasteiger partial charge in [0.2, 0.25) is 0 Å². The fourth-order valence-electron chi connectivity index (χ4n) is 3.03. The van der Waals surface area contributed by atoms with Crippen molar-refractivity contribution >= 4 is 0 Å². The van der Waals surface area contributed by atoms with E-state index in [1.165, 1.54) is 25.8 Å². The normalized spacial score (nSPS) is 28.9. The van der Waals surface area contributed by atoms with Crippen LogP contribution in [0.25, 0.3) is 0 Å². The van der Waals surface area contributed by atoms with E-state index >= 15 is 0 Å². The third-order valence-corrected chi connectivity index (χ3v) is 4.13. The number of rotatable bonds is 6. The molecule has 2 N–H and O–H groups in total. The molecule has 3 rings (SSSR count). The summed E-state index contributed by atoms with van der Waals surface area (Å²) in [6.07, 6.45) is 7.84. The van der Waals surface area contributed by atoms with E-state index in [4.69, 9.17) is 0 Å². The van der Waals surface area contributed by atoms with Crippen molar-refractivity contribution in [2.24, 2.45) is 0 Å². The monoisotopic (exact) mass is 249 g/mol. The van der Waals surface area contributed by atoms with Gasteiger partial charge in [0.15, 0.2) is 0 Å². The Hall–Kier alpha value is -0.940. The van der Waals surface area contributed by atoms with Crippen molar-refractivity contribution in [3.63, 3.8) is 0 Å². The second-order valence-corrected chi connectivity index (χ2v) is 5.70. The third-order valence-electron chi connectivity index (χ3n) is 4.13. The molecule has 1 saturated carbocycles. The van der Waals surface area contributed by atoms with Gasteiger partial charge >= 0.3 is 0 Å². The Morgan fingerprint density at radius 2 is 2.39 bits per heavy atom. The molecule has 100 valence electrons. The molecule has 2 atom stereocenters. The Balaban J connectivity index is 1.34. The predicted molar refractivity (Wildman–Crippen MR) is 70.3 cm³/mol. The first-order valence-corrected chi connectivity index (χ1v) is 7.16. The Morgan fingerprint density at radius 3 is 3.11 bits per heavy atom. The zero-order chi connectivity index (χ0) is 12.4. The lowest BCUT2D eigenvalue weighted by molar-refractivity contribution is 0.255. The van der Waals surface area contributed by atoms with Gasteiger partial charge in [-0.15, -0.1) is 0 Å². The first-order valence-electron chi connectivity index (χ1n) is 7.16. The minimum absolute atomic E-state index is 0.690. The summed E-state index contributed by atoms with van der Waals surface area (Å²) in [5.74, 6) is 0.996. The lowest BCUT2D eigenvalue weighted by Crippen LogP contribution is -2.34. The molecule has 1 saturated heterocycles. The van der Waals surface area contributed by atoms with Crippen LogP contribution in [-0.4, -0.2) is 51.3 Å². The highest BCUT2D eigenvalue weighted by Crippen LogP contribution is 2.33. The molecule has 1 aliphatic carbocycles. The molecule has 18 heavy (non-hydrogen) atoms. The second kappa shape index (κ2) is 5.36. The maximum atomic E-state index is 4.14.